The number of anilines is 1. The summed E-state index contributed by atoms with van der Waals surface area (Å²) in [7, 11) is 3.65. The number of likely N-dealkylation sites (N-methyl/N-ethyl adjacent to an activating group) is 1. The average molecular weight is 291 g/mol. The van der Waals surface area contributed by atoms with Crippen molar-refractivity contribution in [2.24, 2.45) is 12.8 Å². The van der Waals surface area contributed by atoms with Gasteiger partial charge in [-0.05, 0) is 13.5 Å². The summed E-state index contributed by atoms with van der Waals surface area (Å²) in [4.78, 5) is 21.8. The molecule has 2 heterocycles. The van der Waals surface area contributed by atoms with Gasteiger partial charge in [0.1, 0.15) is 11.6 Å². The highest BCUT2D eigenvalue weighted by atomic mass is 16.1. The fraction of sp³-hybridized carbons (Fsp3) is 0.538. The van der Waals surface area contributed by atoms with Crippen LogP contribution in [-0.4, -0.2) is 50.7 Å². The lowest BCUT2D eigenvalue weighted by atomic mass is 10.3. The lowest BCUT2D eigenvalue weighted by Gasteiger charge is -2.14. The van der Waals surface area contributed by atoms with Crippen LogP contribution in [0.2, 0.25) is 0 Å². The first-order valence-electron chi connectivity index (χ1n) is 6.90. The van der Waals surface area contributed by atoms with E-state index in [9.17, 15) is 4.79 Å². The van der Waals surface area contributed by atoms with Crippen LogP contribution in [0.4, 0.5) is 5.82 Å². The third-order valence-corrected chi connectivity index (χ3v) is 3.02. The van der Waals surface area contributed by atoms with Crippen molar-refractivity contribution >= 4 is 22.8 Å². The highest BCUT2D eigenvalue weighted by Gasteiger charge is 2.13. The van der Waals surface area contributed by atoms with Crippen molar-refractivity contribution in [1.29, 1.82) is 0 Å². The zero-order valence-electron chi connectivity index (χ0n) is 12.6. The van der Waals surface area contributed by atoms with Gasteiger partial charge in [0, 0.05) is 13.6 Å². The van der Waals surface area contributed by atoms with Gasteiger partial charge in [-0.1, -0.05) is 6.92 Å². The van der Waals surface area contributed by atoms with E-state index in [4.69, 9.17) is 5.73 Å². The molecule has 0 aliphatic carbocycles. The fourth-order valence-electron chi connectivity index (χ4n) is 2.08. The minimum Gasteiger partial charge on any atom is -0.369 e. The third kappa shape index (κ3) is 3.66. The number of aryl methyl sites for hydroxylation is 1. The zero-order valence-corrected chi connectivity index (χ0v) is 12.6. The van der Waals surface area contributed by atoms with Crippen LogP contribution in [0, 0.1) is 0 Å². The number of rotatable bonds is 7. The van der Waals surface area contributed by atoms with E-state index >= 15 is 0 Å². The van der Waals surface area contributed by atoms with Crippen molar-refractivity contribution in [3.05, 3.63) is 12.0 Å². The minimum absolute atomic E-state index is 0.171. The molecular weight excluding hydrogens is 270 g/mol. The maximum absolute atomic E-state index is 10.9. The normalized spacial score (nSPS) is 11.2. The van der Waals surface area contributed by atoms with Crippen LogP contribution in [0.25, 0.3) is 11.0 Å². The maximum Gasteiger partial charge on any atom is 0.231 e. The number of aromatic nitrogens is 4. The van der Waals surface area contributed by atoms with Gasteiger partial charge in [0.2, 0.25) is 5.91 Å². The number of hydrogen-bond donors (Lipinski definition) is 2. The van der Waals surface area contributed by atoms with Gasteiger partial charge >= 0.3 is 0 Å². The van der Waals surface area contributed by atoms with Crippen molar-refractivity contribution in [3.8, 4) is 0 Å². The van der Waals surface area contributed by atoms with Gasteiger partial charge in [-0.15, -0.1) is 0 Å². The van der Waals surface area contributed by atoms with Gasteiger partial charge in [0.05, 0.1) is 24.7 Å². The zero-order chi connectivity index (χ0) is 15.4. The van der Waals surface area contributed by atoms with E-state index in [1.807, 2.05) is 7.05 Å². The van der Waals surface area contributed by atoms with Crippen LogP contribution in [0.3, 0.4) is 0 Å². The van der Waals surface area contributed by atoms with Crippen LogP contribution in [0.15, 0.2) is 6.20 Å². The molecule has 0 aliphatic rings. The summed E-state index contributed by atoms with van der Waals surface area (Å²) < 4.78 is 1.71. The lowest BCUT2D eigenvalue weighted by Crippen LogP contribution is -2.30. The van der Waals surface area contributed by atoms with E-state index in [0.29, 0.717) is 12.4 Å². The largest absolute Gasteiger partial charge is 0.369 e. The van der Waals surface area contributed by atoms with Crippen molar-refractivity contribution in [2.75, 3.05) is 25.5 Å². The Morgan fingerprint density at radius 2 is 2.24 bits per heavy atom. The monoisotopic (exact) mass is 291 g/mol. The predicted molar refractivity (Wildman–Crippen MR) is 80.6 cm³/mol. The molecule has 8 nitrogen and oxygen atoms in total. The summed E-state index contributed by atoms with van der Waals surface area (Å²) in [6, 6.07) is 0. The van der Waals surface area contributed by atoms with E-state index in [-0.39, 0.29) is 12.5 Å². The second-order valence-electron chi connectivity index (χ2n) is 5.06. The van der Waals surface area contributed by atoms with Crippen LogP contribution in [0.5, 0.6) is 0 Å². The molecule has 0 fully saturated rings. The predicted octanol–water partition coefficient (Wildman–Crippen LogP) is 0.102. The Kier molecular flexibility index (Phi) is 4.69. The number of nitrogens with two attached hydrogens (primary N) is 1. The molecule has 2 aromatic heterocycles. The first kappa shape index (κ1) is 15.2. The molecule has 0 unspecified atom stereocenters. The summed E-state index contributed by atoms with van der Waals surface area (Å²) in [6.45, 7) is 3.54. The Balaban J connectivity index is 2.30. The van der Waals surface area contributed by atoms with Crippen molar-refractivity contribution in [2.45, 2.75) is 19.9 Å². The van der Waals surface area contributed by atoms with Crippen LogP contribution >= 0.6 is 0 Å². The molecule has 8 heteroatoms. The molecule has 2 rings (SSSR count). The molecule has 0 saturated heterocycles. The quantitative estimate of drug-likeness (QED) is 0.750. The first-order chi connectivity index (χ1) is 10.0. The van der Waals surface area contributed by atoms with Gasteiger partial charge in [0.25, 0.3) is 0 Å². The van der Waals surface area contributed by atoms with Gasteiger partial charge < -0.3 is 11.1 Å². The van der Waals surface area contributed by atoms with Crippen LogP contribution in [-0.2, 0) is 18.4 Å². The number of carbonyl (C=O) groups is 1. The topological polar surface area (TPSA) is 102 Å². The Morgan fingerprint density at radius 3 is 2.90 bits per heavy atom. The standard InChI is InChI=1S/C13H21N7O/c1-4-5-15-12-9-6-16-20(3)13(9)18-11(17-12)8-19(2)7-10(14)21/h6H,4-5,7-8H2,1-3H3,(H2,14,21)(H,15,17,18). The molecule has 0 aliphatic heterocycles. The molecule has 0 radical (unpaired) electrons. The second kappa shape index (κ2) is 6.49. The minimum atomic E-state index is -0.372. The molecule has 114 valence electrons. The van der Waals surface area contributed by atoms with E-state index in [1.165, 1.54) is 0 Å². The molecular formula is C13H21N7O. The summed E-state index contributed by atoms with van der Waals surface area (Å²) in [5.74, 6) is 1.04. The molecule has 0 saturated carbocycles. The maximum atomic E-state index is 10.9. The number of primary amides is 1. The van der Waals surface area contributed by atoms with E-state index in [2.05, 4.69) is 27.3 Å². The molecule has 0 spiro atoms. The van der Waals surface area contributed by atoms with Crippen molar-refractivity contribution < 1.29 is 4.79 Å². The molecule has 0 atom stereocenters. The van der Waals surface area contributed by atoms with E-state index in [0.717, 1.165) is 29.8 Å². The SMILES string of the molecule is CCCNc1nc(CN(C)CC(N)=O)nc2c1cnn2C. The molecule has 0 aromatic carbocycles. The molecule has 21 heavy (non-hydrogen) atoms. The lowest BCUT2D eigenvalue weighted by molar-refractivity contribution is -0.118. The fourth-order valence-corrected chi connectivity index (χ4v) is 2.08. The Bertz CT molecular complexity index is 637. The summed E-state index contributed by atoms with van der Waals surface area (Å²) in [5.41, 5.74) is 5.96. The van der Waals surface area contributed by atoms with Gasteiger partial charge in [-0.2, -0.15) is 5.10 Å². The smallest absolute Gasteiger partial charge is 0.231 e. The summed E-state index contributed by atoms with van der Waals surface area (Å²) >= 11 is 0. The van der Waals surface area contributed by atoms with Gasteiger partial charge in [0.15, 0.2) is 5.65 Å². The van der Waals surface area contributed by atoms with Gasteiger partial charge in [-0.3, -0.25) is 14.4 Å². The molecule has 0 bridgehead atoms. The molecule has 1 amide bonds. The Hall–Kier alpha value is -2.22. The summed E-state index contributed by atoms with van der Waals surface area (Å²) in [5, 5.41) is 8.41. The Morgan fingerprint density at radius 1 is 1.48 bits per heavy atom. The third-order valence-electron chi connectivity index (χ3n) is 3.02. The second-order valence-corrected chi connectivity index (χ2v) is 5.06. The van der Waals surface area contributed by atoms with Gasteiger partial charge in [-0.25, -0.2) is 9.97 Å². The number of nitrogens with one attached hydrogen (secondary N) is 1. The van der Waals surface area contributed by atoms with E-state index in [1.54, 1.807) is 22.8 Å². The number of nitrogens with zero attached hydrogens (tertiary/aromatic N) is 5. The number of fused-ring (bicyclic) bond motifs is 1. The van der Waals surface area contributed by atoms with Crippen LogP contribution < -0.4 is 11.1 Å². The average Bonchev–Trinajstić information content (AvgIpc) is 2.77. The summed E-state index contributed by atoms with van der Waals surface area (Å²) in [6.07, 6.45) is 2.76. The number of carbonyl (C=O) groups excluding carboxylic acids is 1. The Labute approximate surface area is 123 Å². The highest BCUT2D eigenvalue weighted by Crippen LogP contribution is 2.19. The van der Waals surface area contributed by atoms with Crippen molar-refractivity contribution in [3.63, 3.8) is 0 Å². The number of amides is 1. The van der Waals surface area contributed by atoms with E-state index < -0.39 is 0 Å². The van der Waals surface area contributed by atoms with Crippen LogP contribution in [0.1, 0.15) is 19.2 Å². The number of hydrogen-bond acceptors (Lipinski definition) is 6. The first-order valence-corrected chi connectivity index (χ1v) is 6.90. The molecule has 3 N–H and O–H groups in total. The molecule has 2 aromatic rings. The van der Waals surface area contributed by atoms with Crippen molar-refractivity contribution in [1.82, 2.24) is 24.6 Å². The highest BCUT2D eigenvalue weighted by molar-refractivity contribution is 5.86.